The Morgan fingerprint density at radius 1 is 1.00 bits per heavy atom. The van der Waals surface area contributed by atoms with E-state index in [4.69, 9.17) is 0 Å². The number of hydrogen-bond donors (Lipinski definition) is 1. The third-order valence-electron chi connectivity index (χ3n) is 5.48. The Balaban J connectivity index is 1.38. The Bertz CT molecular complexity index is 1240. The highest BCUT2D eigenvalue weighted by atomic mass is 32.2. The number of benzene rings is 2. The highest BCUT2D eigenvalue weighted by Gasteiger charge is 2.35. The first kappa shape index (κ1) is 23.0. The molecule has 1 amide bonds. The van der Waals surface area contributed by atoms with Gasteiger partial charge in [0.2, 0.25) is 15.9 Å². The zero-order valence-corrected chi connectivity index (χ0v) is 18.2. The zero-order chi connectivity index (χ0) is 23.6. The van der Waals surface area contributed by atoms with E-state index >= 15 is 0 Å². The van der Waals surface area contributed by atoms with Crippen LogP contribution in [-0.4, -0.2) is 41.5 Å². The Morgan fingerprint density at radius 3 is 2.36 bits per heavy atom. The third kappa shape index (κ3) is 5.09. The number of rotatable bonds is 5. The van der Waals surface area contributed by atoms with Crippen LogP contribution in [0.4, 0.5) is 19.0 Å². The number of anilines is 1. The first-order valence-electron chi connectivity index (χ1n) is 10.2. The quantitative estimate of drug-likeness (QED) is 0.602. The van der Waals surface area contributed by atoms with Crippen molar-refractivity contribution in [3.05, 3.63) is 72.4 Å². The van der Waals surface area contributed by atoms with Gasteiger partial charge >= 0.3 is 6.18 Å². The van der Waals surface area contributed by atoms with Gasteiger partial charge in [-0.3, -0.25) is 4.79 Å². The van der Waals surface area contributed by atoms with Crippen LogP contribution in [0.2, 0.25) is 0 Å². The van der Waals surface area contributed by atoms with Gasteiger partial charge in [0.25, 0.3) is 0 Å². The molecule has 4 rings (SSSR count). The molecule has 174 valence electrons. The predicted octanol–water partition coefficient (Wildman–Crippen LogP) is 3.93. The minimum atomic E-state index is -4.63. The van der Waals surface area contributed by atoms with Gasteiger partial charge < -0.3 is 5.32 Å². The average Bonchev–Trinajstić information content (AvgIpc) is 3.28. The summed E-state index contributed by atoms with van der Waals surface area (Å²) in [4.78, 5) is 12.2. The zero-order valence-electron chi connectivity index (χ0n) is 17.4. The molecule has 0 spiro atoms. The summed E-state index contributed by atoms with van der Waals surface area (Å²) in [5.41, 5.74) is -0.182. The number of carbonyl (C=O) groups is 1. The normalized spacial score (nSPS) is 16.0. The molecule has 11 heteroatoms. The fourth-order valence-corrected chi connectivity index (χ4v) is 5.20. The number of para-hydroxylation sites is 1. The number of halogens is 3. The predicted molar refractivity (Wildman–Crippen MR) is 115 cm³/mol. The van der Waals surface area contributed by atoms with Crippen molar-refractivity contribution in [1.29, 1.82) is 0 Å². The lowest BCUT2D eigenvalue weighted by Crippen LogP contribution is -2.41. The topological polar surface area (TPSA) is 84.3 Å². The minimum Gasteiger partial charge on any atom is -0.309 e. The smallest absolute Gasteiger partial charge is 0.309 e. The number of carbonyl (C=O) groups excluding carboxylic acids is 1. The molecule has 2 heterocycles. The van der Waals surface area contributed by atoms with E-state index in [0.29, 0.717) is 11.9 Å². The van der Waals surface area contributed by atoms with Crippen LogP contribution in [0.15, 0.2) is 71.8 Å². The molecule has 0 atom stereocenters. The molecule has 0 aliphatic carbocycles. The maximum absolute atomic E-state index is 13.0. The summed E-state index contributed by atoms with van der Waals surface area (Å²) < 4.78 is 67.2. The molecule has 0 saturated carbocycles. The lowest BCUT2D eigenvalue weighted by molar-refractivity contribution is -0.137. The number of amides is 1. The molecule has 1 saturated heterocycles. The molecule has 1 fully saturated rings. The number of piperidine rings is 1. The van der Waals surface area contributed by atoms with Crippen molar-refractivity contribution >= 4 is 21.7 Å². The summed E-state index contributed by atoms with van der Waals surface area (Å²) in [5.74, 6) is -0.327. The Morgan fingerprint density at radius 2 is 1.70 bits per heavy atom. The van der Waals surface area contributed by atoms with E-state index in [9.17, 15) is 26.4 Å². The molecule has 7 nitrogen and oxygen atoms in total. The molecule has 1 aliphatic rings. The van der Waals surface area contributed by atoms with E-state index in [1.807, 2.05) is 30.3 Å². The Hall–Kier alpha value is -3.18. The molecule has 1 aromatic heterocycles. The highest BCUT2D eigenvalue weighted by molar-refractivity contribution is 7.89. The van der Waals surface area contributed by atoms with Gasteiger partial charge in [-0.05, 0) is 43.2 Å². The van der Waals surface area contributed by atoms with Gasteiger partial charge in [0.05, 0.1) is 16.1 Å². The van der Waals surface area contributed by atoms with Crippen molar-refractivity contribution in [3.63, 3.8) is 0 Å². The minimum absolute atomic E-state index is 0.0368. The summed E-state index contributed by atoms with van der Waals surface area (Å²) >= 11 is 0. The SMILES string of the molecule is O=C(Nc1ccn(-c2ccccc2)n1)C1CCN(S(=O)(=O)c2cccc(C(F)(F)F)c2)CC1. The van der Waals surface area contributed by atoms with Crippen LogP contribution in [0.1, 0.15) is 18.4 Å². The fourth-order valence-electron chi connectivity index (χ4n) is 3.68. The number of nitrogens with zero attached hydrogens (tertiary/aromatic N) is 3. The van der Waals surface area contributed by atoms with Gasteiger partial charge in [-0.1, -0.05) is 24.3 Å². The van der Waals surface area contributed by atoms with Gasteiger partial charge in [-0.25, -0.2) is 13.1 Å². The van der Waals surface area contributed by atoms with E-state index in [1.54, 1.807) is 16.9 Å². The maximum atomic E-state index is 13.0. The summed E-state index contributed by atoms with van der Waals surface area (Å²) in [7, 11) is -4.09. The maximum Gasteiger partial charge on any atom is 0.416 e. The van der Waals surface area contributed by atoms with Gasteiger partial charge in [0.1, 0.15) is 0 Å². The van der Waals surface area contributed by atoms with Crippen molar-refractivity contribution in [1.82, 2.24) is 14.1 Å². The molecule has 3 aromatic rings. The van der Waals surface area contributed by atoms with E-state index in [1.165, 1.54) is 0 Å². The van der Waals surface area contributed by atoms with Crippen LogP contribution in [0.5, 0.6) is 0 Å². The first-order chi connectivity index (χ1) is 15.6. The Kier molecular flexibility index (Phi) is 6.26. The summed E-state index contributed by atoms with van der Waals surface area (Å²) in [6.45, 7) is 0.0737. The number of nitrogens with one attached hydrogen (secondary N) is 1. The van der Waals surface area contributed by atoms with Crippen LogP contribution in [0.25, 0.3) is 5.69 Å². The molecular weight excluding hydrogens is 457 g/mol. The number of alkyl halides is 3. The van der Waals surface area contributed by atoms with E-state index in [-0.39, 0.29) is 31.8 Å². The van der Waals surface area contributed by atoms with Crippen molar-refractivity contribution in [2.45, 2.75) is 23.9 Å². The monoisotopic (exact) mass is 478 g/mol. The van der Waals surface area contributed by atoms with Crippen molar-refractivity contribution in [2.24, 2.45) is 5.92 Å². The molecule has 1 N–H and O–H groups in total. The largest absolute Gasteiger partial charge is 0.416 e. The molecule has 1 aliphatic heterocycles. The van der Waals surface area contributed by atoms with Gasteiger partial charge in [0, 0.05) is 31.3 Å². The van der Waals surface area contributed by atoms with Gasteiger partial charge in [0.15, 0.2) is 5.82 Å². The lowest BCUT2D eigenvalue weighted by Gasteiger charge is -2.30. The van der Waals surface area contributed by atoms with E-state index < -0.39 is 32.6 Å². The number of hydrogen-bond acceptors (Lipinski definition) is 4. The first-order valence-corrected chi connectivity index (χ1v) is 11.7. The molecule has 0 bridgehead atoms. The highest BCUT2D eigenvalue weighted by Crippen LogP contribution is 2.32. The summed E-state index contributed by atoms with van der Waals surface area (Å²) in [6.07, 6.45) is -2.41. The second kappa shape index (κ2) is 8.99. The molecule has 2 aromatic carbocycles. The lowest BCUT2D eigenvalue weighted by atomic mass is 9.97. The number of aromatic nitrogens is 2. The molecular formula is C22H21F3N4O3S. The second-order valence-electron chi connectivity index (χ2n) is 7.67. The van der Waals surface area contributed by atoms with E-state index in [0.717, 1.165) is 28.2 Å². The summed E-state index contributed by atoms with van der Waals surface area (Å²) in [6, 6.07) is 14.7. The second-order valence-corrected chi connectivity index (χ2v) is 9.61. The van der Waals surface area contributed by atoms with Crippen LogP contribution in [-0.2, 0) is 21.0 Å². The van der Waals surface area contributed by atoms with Gasteiger partial charge in [-0.15, -0.1) is 0 Å². The fraction of sp³-hybridized carbons (Fsp3) is 0.273. The van der Waals surface area contributed by atoms with Gasteiger partial charge in [-0.2, -0.15) is 22.6 Å². The molecule has 33 heavy (non-hydrogen) atoms. The molecule has 0 radical (unpaired) electrons. The third-order valence-corrected chi connectivity index (χ3v) is 7.38. The Labute approximate surface area is 188 Å². The van der Waals surface area contributed by atoms with Crippen molar-refractivity contribution < 1.29 is 26.4 Å². The van der Waals surface area contributed by atoms with Crippen LogP contribution < -0.4 is 5.32 Å². The average molecular weight is 478 g/mol. The molecule has 0 unspecified atom stereocenters. The van der Waals surface area contributed by atoms with Crippen LogP contribution in [0.3, 0.4) is 0 Å². The van der Waals surface area contributed by atoms with Crippen LogP contribution >= 0.6 is 0 Å². The van der Waals surface area contributed by atoms with E-state index in [2.05, 4.69) is 10.4 Å². The van der Waals surface area contributed by atoms with Crippen molar-refractivity contribution in [2.75, 3.05) is 18.4 Å². The summed E-state index contributed by atoms with van der Waals surface area (Å²) in [5, 5.41) is 7.07. The standard InChI is InChI=1S/C22H21F3N4O3S/c23-22(24,25)17-5-4-8-19(15-17)33(31,32)28-12-9-16(10-13-28)21(30)26-20-11-14-29(27-20)18-6-2-1-3-7-18/h1-8,11,14-16H,9-10,12-13H2,(H,26,27,30). The number of sulfonamides is 1. The van der Waals surface area contributed by atoms with Crippen molar-refractivity contribution in [3.8, 4) is 5.69 Å². The van der Waals surface area contributed by atoms with Crippen LogP contribution in [0, 0.1) is 5.92 Å².